The molecule has 1 heterocycles. The molecule has 68 valence electrons. The minimum Gasteiger partial charge on any atom is -0.313 e. The van der Waals surface area contributed by atoms with Crippen LogP contribution in [0.2, 0.25) is 0 Å². The Balaban J connectivity index is 2.25. The summed E-state index contributed by atoms with van der Waals surface area (Å²) in [5.41, 5.74) is 0. The molecule has 1 aliphatic rings. The van der Waals surface area contributed by atoms with Crippen LogP contribution in [0.4, 0.5) is 0 Å². The third kappa shape index (κ3) is 2.47. The monoisotopic (exact) mass is 167 g/mol. The van der Waals surface area contributed by atoms with Gasteiger partial charge in [-0.25, -0.2) is 0 Å². The van der Waals surface area contributed by atoms with Gasteiger partial charge in [0.1, 0.15) is 0 Å². The highest BCUT2D eigenvalue weighted by Crippen LogP contribution is 2.07. The second kappa shape index (κ2) is 4.44. The van der Waals surface area contributed by atoms with Crippen molar-refractivity contribution in [3.05, 3.63) is 0 Å². The van der Waals surface area contributed by atoms with Gasteiger partial charge in [-0.3, -0.25) is 4.90 Å². The first-order valence-corrected chi connectivity index (χ1v) is 4.57. The van der Waals surface area contributed by atoms with Crippen LogP contribution in [0.25, 0.3) is 0 Å². The molecule has 3 heteroatoms. The molecule has 1 rings (SSSR count). The van der Waals surface area contributed by atoms with Gasteiger partial charge in [-0.15, -0.1) is 0 Å². The number of hydrogen-bond donors (Lipinski definition) is 1. The van der Waals surface area contributed by atoms with Gasteiger partial charge in [0, 0.05) is 12.6 Å². The minimum absolute atomic E-state index is 0.0346. The van der Waals surface area contributed by atoms with Crippen LogP contribution in [0, 0.1) is 11.3 Å². The van der Waals surface area contributed by atoms with Crippen LogP contribution in [-0.4, -0.2) is 37.1 Å². The van der Waals surface area contributed by atoms with Crippen LogP contribution in [0.3, 0.4) is 0 Å². The Kier molecular flexibility index (Phi) is 3.51. The highest BCUT2D eigenvalue weighted by Gasteiger charge is 2.17. The van der Waals surface area contributed by atoms with Crippen LogP contribution in [-0.2, 0) is 0 Å². The third-order valence-electron chi connectivity index (χ3n) is 2.52. The Morgan fingerprint density at radius 3 is 3.00 bits per heavy atom. The molecule has 3 nitrogen and oxygen atoms in total. The zero-order valence-corrected chi connectivity index (χ0v) is 7.88. The van der Waals surface area contributed by atoms with Crippen molar-refractivity contribution in [3.8, 4) is 6.07 Å². The molecule has 0 aromatic heterocycles. The first-order valence-electron chi connectivity index (χ1n) is 4.57. The van der Waals surface area contributed by atoms with Gasteiger partial charge in [-0.2, -0.15) is 5.26 Å². The number of rotatable bonds is 3. The lowest BCUT2D eigenvalue weighted by molar-refractivity contribution is 0.273. The number of nitriles is 1. The first kappa shape index (κ1) is 9.50. The molecular weight excluding hydrogens is 150 g/mol. The van der Waals surface area contributed by atoms with Crippen molar-refractivity contribution in [2.45, 2.75) is 31.8 Å². The van der Waals surface area contributed by atoms with Gasteiger partial charge < -0.3 is 5.32 Å². The van der Waals surface area contributed by atoms with Crippen molar-refractivity contribution in [1.82, 2.24) is 10.2 Å². The van der Waals surface area contributed by atoms with E-state index in [1.807, 2.05) is 14.0 Å². The number of nitrogens with one attached hydrogen (secondary N) is 1. The Hall–Kier alpha value is -0.590. The topological polar surface area (TPSA) is 39.1 Å². The van der Waals surface area contributed by atoms with E-state index in [2.05, 4.69) is 16.3 Å². The van der Waals surface area contributed by atoms with Gasteiger partial charge in [0.05, 0.1) is 12.1 Å². The number of nitrogens with zero attached hydrogens (tertiary/aromatic N) is 2. The third-order valence-corrected chi connectivity index (χ3v) is 2.52. The number of hydrogen-bond acceptors (Lipinski definition) is 3. The molecule has 0 aliphatic carbocycles. The molecule has 1 saturated heterocycles. The van der Waals surface area contributed by atoms with E-state index in [-0.39, 0.29) is 6.04 Å². The Bertz CT molecular complexity index is 167. The lowest BCUT2D eigenvalue weighted by Gasteiger charge is -2.22. The van der Waals surface area contributed by atoms with Crippen LogP contribution in [0.1, 0.15) is 19.8 Å². The van der Waals surface area contributed by atoms with E-state index in [4.69, 9.17) is 5.26 Å². The van der Waals surface area contributed by atoms with Gasteiger partial charge in [0.25, 0.3) is 0 Å². The molecule has 0 saturated carbocycles. The average molecular weight is 167 g/mol. The Morgan fingerprint density at radius 1 is 1.75 bits per heavy atom. The molecule has 12 heavy (non-hydrogen) atoms. The Labute approximate surface area is 74.4 Å². The van der Waals surface area contributed by atoms with E-state index in [0.29, 0.717) is 6.04 Å². The summed E-state index contributed by atoms with van der Waals surface area (Å²) in [6, 6.07) is 2.87. The molecule has 0 aromatic rings. The summed E-state index contributed by atoms with van der Waals surface area (Å²) in [4.78, 5) is 2.10. The molecule has 2 unspecified atom stereocenters. The highest BCUT2D eigenvalue weighted by atomic mass is 15.2. The summed E-state index contributed by atoms with van der Waals surface area (Å²) in [5.74, 6) is 0. The molecule has 1 aliphatic heterocycles. The lowest BCUT2D eigenvalue weighted by Crippen LogP contribution is -2.39. The predicted molar refractivity (Wildman–Crippen MR) is 48.7 cm³/mol. The summed E-state index contributed by atoms with van der Waals surface area (Å²) in [5, 5.41) is 12.1. The smallest absolute Gasteiger partial charge is 0.0947 e. The highest BCUT2D eigenvalue weighted by molar-refractivity contribution is 4.88. The standard InChI is InChI=1S/C9H17N3/c1-8(6-10)12(2)7-9-4-3-5-11-9/h8-9,11H,3-5,7H2,1-2H3. The zero-order chi connectivity index (χ0) is 8.97. The Morgan fingerprint density at radius 2 is 2.50 bits per heavy atom. The van der Waals surface area contributed by atoms with E-state index in [1.54, 1.807) is 0 Å². The second-order valence-corrected chi connectivity index (χ2v) is 3.54. The maximum atomic E-state index is 8.67. The van der Waals surface area contributed by atoms with Crippen molar-refractivity contribution in [2.24, 2.45) is 0 Å². The summed E-state index contributed by atoms with van der Waals surface area (Å²) >= 11 is 0. The van der Waals surface area contributed by atoms with Gasteiger partial charge in [0.2, 0.25) is 0 Å². The normalized spacial score (nSPS) is 25.7. The van der Waals surface area contributed by atoms with Crippen LogP contribution in [0.5, 0.6) is 0 Å². The van der Waals surface area contributed by atoms with E-state index in [0.717, 1.165) is 13.1 Å². The molecule has 0 amide bonds. The minimum atomic E-state index is 0.0346. The summed E-state index contributed by atoms with van der Waals surface area (Å²) in [7, 11) is 2.01. The fraction of sp³-hybridized carbons (Fsp3) is 0.889. The van der Waals surface area contributed by atoms with Crippen molar-refractivity contribution < 1.29 is 0 Å². The molecule has 0 bridgehead atoms. The molecule has 0 radical (unpaired) electrons. The second-order valence-electron chi connectivity index (χ2n) is 3.54. The van der Waals surface area contributed by atoms with Gasteiger partial charge in [-0.05, 0) is 33.4 Å². The van der Waals surface area contributed by atoms with Crippen LogP contribution < -0.4 is 5.32 Å². The van der Waals surface area contributed by atoms with Crippen molar-refractivity contribution in [3.63, 3.8) is 0 Å². The largest absolute Gasteiger partial charge is 0.313 e. The summed E-state index contributed by atoms with van der Waals surface area (Å²) in [6.07, 6.45) is 2.53. The van der Waals surface area contributed by atoms with E-state index >= 15 is 0 Å². The van der Waals surface area contributed by atoms with Crippen molar-refractivity contribution in [1.29, 1.82) is 5.26 Å². The van der Waals surface area contributed by atoms with E-state index < -0.39 is 0 Å². The molecule has 1 N–H and O–H groups in total. The maximum absolute atomic E-state index is 8.67. The summed E-state index contributed by atoms with van der Waals surface area (Å²) in [6.45, 7) is 4.07. The molecule has 0 aromatic carbocycles. The zero-order valence-electron chi connectivity index (χ0n) is 7.88. The van der Waals surface area contributed by atoms with Gasteiger partial charge in [0.15, 0.2) is 0 Å². The van der Waals surface area contributed by atoms with Gasteiger partial charge in [-0.1, -0.05) is 0 Å². The molecule has 1 fully saturated rings. The molecule has 2 atom stereocenters. The first-order chi connectivity index (χ1) is 5.74. The van der Waals surface area contributed by atoms with E-state index in [9.17, 15) is 0 Å². The van der Waals surface area contributed by atoms with Gasteiger partial charge >= 0.3 is 0 Å². The molecule has 0 spiro atoms. The average Bonchev–Trinajstić information content (AvgIpc) is 2.55. The predicted octanol–water partition coefficient (Wildman–Crippen LogP) is 0.582. The van der Waals surface area contributed by atoms with E-state index in [1.165, 1.54) is 12.8 Å². The summed E-state index contributed by atoms with van der Waals surface area (Å²) < 4.78 is 0. The maximum Gasteiger partial charge on any atom is 0.0947 e. The fourth-order valence-corrected chi connectivity index (χ4v) is 1.52. The SMILES string of the molecule is CC(C#N)N(C)CC1CCCN1. The van der Waals surface area contributed by atoms with Crippen LogP contribution in [0.15, 0.2) is 0 Å². The van der Waals surface area contributed by atoms with Crippen LogP contribution >= 0.6 is 0 Å². The quantitative estimate of drug-likeness (QED) is 0.668. The molecular formula is C9H17N3. The fourth-order valence-electron chi connectivity index (χ4n) is 1.52. The van der Waals surface area contributed by atoms with Crippen molar-refractivity contribution >= 4 is 0 Å². The lowest BCUT2D eigenvalue weighted by atomic mass is 10.2. The number of likely N-dealkylation sites (N-methyl/N-ethyl adjacent to an activating group) is 1. The van der Waals surface area contributed by atoms with Crippen molar-refractivity contribution in [2.75, 3.05) is 20.1 Å².